The number of aliphatic hydroxyl groups is 1. The minimum Gasteiger partial charge on any atom is -0.394 e. The van der Waals surface area contributed by atoms with Crippen molar-refractivity contribution in [3.8, 4) is 0 Å². The molecule has 1 spiro atoms. The maximum atomic E-state index is 15.2. The van der Waals surface area contributed by atoms with E-state index >= 15 is 4.79 Å². The number of halogens is 1. The predicted octanol–water partition coefficient (Wildman–Crippen LogP) is 5.45. The quantitative estimate of drug-likeness (QED) is 0.239. The Balaban J connectivity index is 1.69. The minimum atomic E-state index is -0.900. The second-order valence-electron chi connectivity index (χ2n) is 12.1. The summed E-state index contributed by atoms with van der Waals surface area (Å²) in [5.41, 5.74) is 3.44. The Kier molecular flexibility index (Phi) is 9.78. The molecule has 2 aromatic rings. The van der Waals surface area contributed by atoms with Gasteiger partial charge in [-0.1, -0.05) is 83.5 Å². The number of para-hydroxylation sites is 1. The smallest absolute Gasteiger partial charge is 0.251 e. The first-order valence-electron chi connectivity index (χ1n) is 15.3. The molecular weight excluding hydrogens is 638 g/mol. The Morgan fingerprint density at radius 3 is 2.34 bits per heavy atom. The molecule has 9 heteroatoms. The van der Waals surface area contributed by atoms with Crippen molar-refractivity contribution >= 4 is 51.1 Å². The van der Waals surface area contributed by atoms with Crippen LogP contribution in [-0.2, 0) is 14.4 Å². The van der Waals surface area contributed by atoms with Gasteiger partial charge in [-0.2, -0.15) is 0 Å². The zero-order valence-electron chi connectivity index (χ0n) is 25.7. The fraction of sp³-hybridized carbons (Fsp3) is 0.457. The topological polar surface area (TPSA) is 81.2 Å². The lowest BCUT2D eigenvalue weighted by atomic mass is 9.70. The summed E-state index contributed by atoms with van der Waals surface area (Å²) in [7, 11) is 0. The largest absolute Gasteiger partial charge is 0.394 e. The highest BCUT2D eigenvalue weighted by molar-refractivity contribution is 9.09. The third-order valence-electron chi connectivity index (χ3n) is 9.38. The van der Waals surface area contributed by atoms with Gasteiger partial charge >= 0.3 is 0 Å². The van der Waals surface area contributed by atoms with Gasteiger partial charge in [-0.05, 0) is 43.4 Å². The number of fused-ring (bicyclic) bond motifs is 1. The van der Waals surface area contributed by atoms with Crippen molar-refractivity contribution in [3.05, 3.63) is 90.5 Å². The zero-order valence-corrected chi connectivity index (χ0v) is 28.1. The van der Waals surface area contributed by atoms with Crippen LogP contribution in [-0.4, -0.2) is 79.7 Å². The highest BCUT2D eigenvalue weighted by atomic mass is 79.9. The first-order valence-corrected chi connectivity index (χ1v) is 17.1. The van der Waals surface area contributed by atoms with Crippen LogP contribution in [0.3, 0.4) is 0 Å². The van der Waals surface area contributed by atoms with Crippen molar-refractivity contribution in [1.29, 1.82) is 0 Å². The highest BCUT2D eigenvalue weighted by Crippen LogP contribution is 2.69. The lowest BCUT2D eigenvalue weighted by molar-refractivity contribution is -0.145. The summed E-state index contributed by atoms with van der Waals surface area (Å²) in [4.78, 5) is 49.4. The van der Waals surface area contributed by atoms with E-state index in [9.17, 15) is 14.7 Å². The van der Waals surface area contributed by atoms with Crippen molar-refractivity contribution in [2.75, 3.05) is 31.1 Å². The summed E-state index contributed by atoms with van der Waals surface area (Å²) in [6, 6.07) is 13.7. The standard InChI is InChI=1S/C35H42BrN3O4S/c1-6-17-37(18-7-2)32(41)27-28-33(42)39(26(21-40)24-15-10-9-11-16-24)31(35(28)20-25(36)30(27)44-35)34(43)38(19-8-3)29-22(4)13-12-14-23(29)5/h6,8-16,25-28,30-31,40H,1,3,7,17-21H2,2,4-5H3/t25?,26-,27-,28+,30-,31?,35?/m1/s1. The van der Waals surface area contributed by atoms with Gasteiger partial charge in [0.2, 0.25) is 11.8 Å². The van der Waals surface area contributed by atoms with Gasteiger partial charge in [-0.15, -0.1) is 24.9 Å². The van der Waals surface area contributed by atoms with Gasteiger partial charge in [0, 0.05) is 35.4 Å². The van der Waals surface area contributed by atoms with Crippen LogP contribution in [0.2, 0.25) is 0 Å². The molecule has 3 amide bonds. The molecule has 3 fully saturated rings. The van der Waals surface area contributed by atoms with Crippen LogP contribution in [0.5, 0.6) is 0 Å². The van der Waals surface area contributed by atoms with E-state index < -0.39 is 28.7 Å². The number of anilines is 1. The number of carbonyl (C=O) groups is 3. The van der Waals surface area contributed by atoms with Crippen molar-refractivity contribution in [2.45, 2.75) is 60.5 Å². The Morgan fingerprint density at radius 2 is 1.75 bits per heavy atom. The fourth-order valence-electron chi connectivity index (χ4n) is 7.72. The molecule has 3 aliphatic rings. The molecule has 3 heterocycles. The van der Waals surface area contributed by atoms with E-state index in [2.05, 4.69) is 29.1 Å². The Labute approximate surface area is 273 Å². The van der Waals surface area contributed by atoms with Crippen LogP contribution >= 0.6 is 27.7 Å². The molecule has 0 radical (unpaired) electrons. The number of nitrogens with zero attached hydrogens (tertiary/aromatic N) is 3. The van der Waals surface area contributed by atoms with Crippen LogP contribution in [0.25, 0.3) is 0 Å². The van der Waals surface area contributed by atoms with Crippen molar-refractivity contribution in [1.82, 2.24) is 9.80 Å². The van der Waals surface area contributed by atoms with Crippen molar-refractivity contribution in [2.24, 2.45) is 11.8 Å². The SMILES string of the molecule is C=CCN(CCC)C(=O)[C@H]1[C@@H]2SC3(CC2Br)C(C(=O)N(CC=C)c2c(C)cccc2C)N([C@H](CO)c2ccccc2)C(=O)[C@H]13. The Hall–Kier alpha value is -2.88. The maximum absolute atomic E-state index is 15.2. The number of likely N-dealkylation sites (tertiary alicyclic amines) is 1. The number of thioether (sulfide) groups is 1. The number of carbonyl (C=O) groups excluding carboxylic acids is 3. The molecule has 5 rings (SSSR count). The molecule has 2 aromatic carbocycles. The second kappa shape index (κ2) is 13.2. The molecular formula is C35H42BrN3O4S. The third kappa shape index (κ3) is 5.24. The van der Waals surface area contributed by atoms with E-state index in [4.69, 9.17) is 0 Å². The molecule has 3 aliphatic heterocycles. The van der Waals surface area contributed by atoms with Crippen LogP contribution < -0.4 is 4.90 Å². The molecule has 0 saturated carbocycles. The Morgan fingerprint density at radius 1 is 1.09 bits per heavy atom. The number of rotatable bonds is 12. The molecule has 234 valence electrons. The van der Waals surface area contributed by atoms with Gasteiger partial charge in [0.15, 0.2) is 0 Å². The average Bonchev–Trinajstić information content (AvgIpc) is 3.60. The van der Waals surface area contributed by atoms with Crippen LogP contribution in [0.15, 0.2) is 73.8 Å². The summed E-state index contributed by atoms with van der Waals surface area (Å²) >= 11 is 5.50. The van der Waals surface area contributed by atoms with Crippen LogP contribution in [0, 0.1) is 25.7 Å². The van der Waals surface area contributed by atoms with E-state index in [0.29, 0.717) is 19.5 Å². The van der Waals surface area contributed by atoms with Crippen LogP contribution in [0.4, 0.5) is 5.69 Å². The Bertz CT molecular complexity index is 1420. The normalized spacial score (nSPS) is 27.6. The lowest BCUT2D eigenvalue weighted by Gasteiger charge is -2.40. The van der Waals surface area contributed by atoms with Gasteiger partial charge in [0.25, 0.3) is 5.91 Å². The second-order valence-corrected chi connectivity index (χ2v) is 14.8. The summed E-state index contributed by atoms with van der Waals surface area (Å²) in [6.45, 7) is 14.7. The maximum Gasteiger partial charge on any atom is 0.251 e. The first-order chi connectivity index (χ1) is 21.2. The molecule has 7 atom stereocenters. The van der Waals surface area contributed by atoms with Gasteiger partial charge < -0.3 is 19.8 Å². The molecule has 3 unspecified atom stereocenters. The minimum absolute atomic E-state index is 0.0506. The number of aryl methyl sites for hydroxylation is 2. The van der Waals surface area contributed by atoms with E-state index in [1.54, 1.807) is 38.6 Å². The fourth-order valence-corrected chi connectivity index (χ4v) is 11.3. The third-order valence-corrected chi connectivity index (χ3v) is 12.6. The van der Waals surface area contributed by atoms with Crippen molar-refractivity contribution in [3.63, 3.8) is 0 Å². The summed E-state index contributed by atoms with van der Waals surface area (Å²) in [5.74, 6) is -1.82. The number of alkyl halides is 1. The van der Waals surface area contributed by atoms with E-state index in [-0.39, 0.29) is 41.0 Å². The van der Waals surface area contributed by atoms with E-state index in [0.717, 1.165) is 28.8 Å². The number of amides is 3. The van der Waals surface area contributed by atoms with Crippen molar-refractivity contribution < 1.29 is 19.5 Å². The summed E-state index contributed by atoms with van der Waals surface area (Å²) in [5, 5.41) is 10.7. The van der Waals surface area contributed by atoms with Gasteiger partial charge in [0.05, 0.1) is 29.2 Å². The van der Waals surface area contributed by atoms with Gasteiger partial charge in [-0.3, -0.25) is 14.4 Å². The molecule has 44 heavy (non-hydrogen) atoms. The first kappa shape index (κ1) is 32.5. The number of benzene rings is 2. The number of aliphatic hydroxyl groups excluding tert-OH is 1. The number of hydrogen-bond donors (Lipinski definition) is 1. The van der Waals surface area contributed by atoms with Gasteiger partial charge in [0.1, 0.15) is 6.04 Å². The summed E-state index contributed by atoms with van der Waals surface area (Å²) in [6.07, 6.45) is 4.77. The average molecular weight is 681 g/mol. The molecule has 0 aliphatic carbocycles. The van der Waals surface area contributed by atoms with E-state index in [1.807, 2.05) is 69.3 Å². The van der Waals surface area contributed by atoms with Crippen LogP contribution in [0.1, 0.15) is 42.5 Å². The molecule has 1 N–H and O–H groups in total. The molecule has 3 saturated heterocycles. The molecule has 2 bridgehead atoms. The number of hydrogen-bond acceptors (Lipinski definition) is 5. The predicted molar refractivity (Wildman–Crippen MR) is 181 cm³/mol. The lowest BCUT2D eigenvalue weighted by Crippen LogP contribution is -2.57. The molecule has 7 nitrogen and oxygen atoms in total. The molecule has 0 aromatic heterocycles. The summed E-state index contributed by atoms with van der Waals surface area (Å²) < 4.78 is -0.850. The monoisotopic (exact) mass is 679 g/mol. The van der Waals surface area contributed by atoms with Gasteiger partial charge in [-0.25, -0.2) is 0 Å². The highest BCUT2D eigenvalue weighted by Gasteiger charge is 2.76. The van der Waals surface area contributed by atoms with E-state index in [1.165, 1.54) is 0 Å². The zero-order chi connectivity index (χ0) is 31.8.